The minimum absolute atomic E-state index is 0.212. The van der Waals surface area contributed by atoms with Crippen molar-refractivity contribution in [3.8, 4) is 11.3 Å². The first-order valence-corrected chi connectivity index (χ1v) is 11.1. The van der Waals surface area contributed by atoms with Crippen molar-refractivity contribution in [1.29, 1.82) is 0 Å². The van der Waals surface area contributed by atoms with Crippen LogP contribution in [0.25, 0.3) is 50.9 Å². The Morgan fingerprint density at radius 3 is 2.82 bits per heavy atom. The maximum Gasteiger partial charge on any atom is 0.254 e. The third-order valence-electron chi connectivity index (χ3n) is 5.87. The van der Waals surface area contributed by atoms with E-state index in [9.17, 15) is 4.79 Å². The van der Waals surface area contributed by atoms with Crippen molar-refractivity contribution in [2.75, 3.05) is 18.4 Å². The molecule has 0 aliphatic rings. The lowest BCUT2D eigenvalue weighted by Crippen LogP contribution is -2.17. The van der Waals surface area contributed by atoms with Gasteiger partial charge in [-0.1, -0.05) is 31.5 Å². The van der Waals surface area contributed by atoms with E-state index in [-0.39, 0.29) is 5.91 Å². The molecular weight excluding hydrogens is 446 g/mol. The van der Waals surface area contributed by atoms with Gasteiger partial charge in [-0.2, -0.15) is 0 Å². The van der Waals surface area contributed by atoms with Gasteiger partial charge in [0.05, 0.1) is 33.7 Å². The molecule has 7 nitrogen and oxygen atoms in total. The Morgan fingerprint density at radius 2 is 2.12 bits per heavy atom. The zero-order chi connectivity index (χ0) is 24.0. The van der Waals surface area contributed by atoms with E-state index in [4.69, 9.17) is 9.40 Å². The fourth-order valence-electron chi connectivity index (χ4n) is 4.23. The topological polar surface area (TPSA) is 75.7 Å². The van der Waals surface area contributed by atoms with Crippen LogP contribution in [0.1, 0.15) is 28.5 Å². The molecule has 170 valence electrons. The molecule has 34 heavy (non-hydrogen) atoms. The Labute approximate surface area is 202 Å². The number of fused-ring (bicyclic) bond motifs is 4. The Bertz CT molecular complexity index is 1630. The first kappa shape index (κ1) is 21.8. The van der Waals surface area contributed by atoms with Crippen LogP contribution < -0.4 is 9.62 Å². The number of nitrogens with one attached hydrogen (secondary N) is 1. The number of furan rings is 1. The molecule has 1 N–H and O–H groups in total. The van der Waals surface area contributed by atoms with Gasteiger partial charge in [0.1, 0.15) is 23.7 Å². The third-order valence-corrected chi connectivity index (χ3v) is 6.08. The molecule has 0 saturated heterocycles. The van der Waals surface area contributed by atoms with Gasteiger partial charge in [0, 0.05) is 36.7 Å². The summed E-state index contributed by atoms with van der Waals surface area (Å²) in [6.45, 7) is 5.93. The minimum Gasteiger partial charge on any atom is -0.463 e. The van der Waals surface area contributed by atoms with Crippen LogP contribution in [0.3, 0.4) is 0 Å². The van der Waals surface area contributed by atoms with Crippen molar-refractivity contribution in [2.24, 2.45) is 0 Å². The highest BCUT2D eigenvalue weighted by Gasteiger charge is 2.19. The van der Waals surface area contributed by atoms with Crippen LogP contribution in [-0.4, -0.2) is 34.4 Å². The van der Waals surface area contributed by atoms with Crippen LogP contribution in [0.2, 0.25) is 0 Å². The van der Waals surface area contributed by atoms with Crippen LogP contribution >= 0.6 is 12.8 Å². The summed E-state index contributed by atoms with van der Waals surface area (Å²) in [5.41, 5.74) is 7.92. The van der Waals surface area contributed by atoms with Gasteiger partial charge in [-0.05, 0) is 37.3 Å². The van der Waals surface area contributed by atoms with E-state index < -0.39 is 0 Å². The molecule has 1 aromatic carbocycles. The standard InChI is InChI=1S/C26H23N5O2S/c1-5-7-21-15(6-2)10-23-25-20(28-14-31(21)23)9-8-19(29-25)17-11-16-18(26(32)27-3)13-33-24(16)12-22(17)30(4)34/h5-14,34H,2H2,1,3-4H3,(H,27,32)/b7-5-. The van der Waals surface area contributed by atoms with Gasteiger partial charge in [0.2, 0.25) is 0 Å². The lowest BCUT2D eigenvalue weighted by Gasteiger charge is -2.16. The van der Waals surface area contributed by atoms with Gasteiger partial charge >= 0.3 is 0 Å². The zero-order valence-corrected chi connectivity index (χ0v) is 19.9. The normalized spacial score (nSPS) is 11.6. The highest BCUT2D eigenvalue weighted by Crippen LogP contribution is 2.37. The molecule has 4 aromatic heterocycles. The van der Waals surface area contributed by atoms with Crippen molar-refractivity contribution in [1.82, 2.24) is 19.7 Å². The molecule has 0 bridgehead atoms. The Morgan fingerprint density at radius 1 is 1.29 bits per heavy atom. The first-order chi connectivity index (χ1) is 16.5. The summed E-state index contributed by atoms with van der Waals surface area (Å²) in [6, 6.07) is 9.74. The molecule has 4 heterocycles. The smallest absolute Gasteiger partial charge is 0.254 e. The highest BCUT2D eigenvalue weighted by atomic mass is 32.1. The second-order valence-electron chi connectivity index (χ2n) is 7.87. The molecule has 0 spiro atoms. The Kier molecular flexibility index (Phi) is 5.37. The minimum atomic E-state index is -0.212. The number of amides is 1. The van der Waals surface area contributed by atoms with Crippen LogP contribution in [-0.2, 0) is 0 Å². The van der Waals surface area contributed by atoms with E-state index in [1.165, 1.54) is 6.26 Å². The molecule has 0 aliphatic heterocycles. The van der Waals surface area contributed by atoms with Crippen LogP contribution in [0, 0.1) is 0 Å². The quantitative estimate of drug-likeness (QED) is 0.327. The number of hydrogen-bond donors (Lipinski definition) is 2. The number of rotatable bonds is 5. The van der Waals surface area contributed by atoms with Gasteiger partial charge in [0.15, 0.2) is 0 Å². The molecule has 8 heteroatoms. The van der Waals surface area contributed by atoms with E-state index in [0.29, 0.717) is 16.5 Å². The molecule has 0 unspecified atom stereocenters. The molecular formula is C26H23N5O2S. The number of carbonyl (C=O) groups excluding carboxylic acids is 1. The number of aromatic nitrogens is 3. The number of hydrogen-bond acceptors (Lipinski definition) is 6. The van der Waals surface area contributed by atoms with Crippen molar-refractivity contribution in [3.63, 3.8) is 0 Å². The fraction of sp³-hybridized carbons (Fsp3) is 0.115. The Balaban J connectivity index is 1.80. The number of benzene rings is 1. The first-order valence-electron chi connectivity index (χ1n) is 10.7. The maximum absolute atomic E-state index is 12.4. The largest absolute Gasteiger partial charge is 0.463 e. The predicted molar refractivity (Wildman–Crippen MR) is 141 cm³/mol. The zero-order valence-electron chi connectivity index (χ0n) is 19.0. The SMILES string of the molecule is C=Cc1cc2c3nc(-c4cc5c(C(=O)NC)coc5cc4N(C)S)ccc3ncn2c1/C=C\C. The van der Waals surface area contributed by atoms with Crippen molar-refractivity contribution < 1.29 is 9.21 Å². The fourth-order valence-corrected chi connectivity index (χ4v) is 4.39. The number of nitrogens with zero attached hydrogens (tertiary/aromatic N) is 4. The van der Waals surface area contributed by atoms with E-state index in [1.807, 2.05) is 60.9 Å². The molecule has 0 saturated carbocycles. The van der Waals surface area contributed by atoms with Gasteiger partial charge in [0.25, 0.3) is 5.91 Å². The summed E-state index contributed by atoms with van der Waals surface area (Å²) in [4.78, 5) is 22.0. The van der Waals surface area contributed by atoms with Gasteiger partial charge < -0.3 is 14.0 Å². The number of allylic oxidation sites excluding steroid dienone is 1. The van der Waals surface area contributed by atoms with E-state index in [1.54, 1.807) is 17.7 Å². The Hall–Kier alpha value is -4.04. The summed E-state index contributed by atoms with van der Waals surface area (Å²) >= 11 is 4.53. The van der Waals surface area contributed by atoms with Gasteiger partial charge in [-0.3, -0.25) is 9.20 Å². The third kappa shape index (κ3) is 3.34. The molecule has 5 aromatic rings. The molecule has 0 aliphatic carbocycles. The van der Waals surface area contributed by atoms with Crippen molar-refractivity contribution in [2.45, 2.75) is 6.92 Å². The molecule has 1 amide bonds. The molecule has 0 radical (unpaired) electrons. The summed E-state index contributed by atoms with van der Waals surface area (Å²) < 4.78 is 9.39. The molecule has 0 fully saturated rings. The number of pyridine rings is 1. The van der Waals surface area contributed by atoms with Crippen molar-refractivity contribution >= 4 is 64.1 Å². The summed E-state index contributed by atoms with van der Waals surface area (Å²) in [7, 11) is 3.43. The van der Waals surface area contributed by atoms with Gasteiger partial charge in [-0.15, -0.1) is 0 Å². The van der Waals surface area contributed by atoms with E-state index >= 15 is 0 Å². The lowest BCUT2D eigenvalue weighted by molar-refractivity contribution is 0.0964. The monoisotopic (exact) mass is 469 g/mol. The molecule has 0 atom stereocenters. The van der Waals surface area contributed by atoms with E-state index in [0.717, 1.165) is 44.8 Å². The average molecular weight is 470 g/mol. The lowest BCUT2D eigenvalue weighted by atomic mass is 10.0. The van der Waals surface area contributed by atoms with E-state index in [2.05, 4.69) is 35.8 Å². The van der Waals surface area contributed by atoms with Crippen LogP contribution in [0.4, 0.5) is 5.69 Å². The van der Waals surface area contributed by atoms with Crippen molar-refractivity contribution in [3.05, 3.63) is 72.4 Å². The summed E-state index contributed by atoms with van der Waals surface area (Å²) in [5.74, 6) is -0.212. The molecule has 5 rings (SSSR count). The van der Waals surface area contributed by atoms with Crippen LogP contribution in [0.5, 0.6) is 0 Å². The second-order valence-corrected chi connectivity index (χ2v) is 8.47. The van der Waals surface area contributed by atoms with Crippen LogP contribution in [0.15, 0.2) is 60.0 Å². The average Bonchev–Trinajstić information content (AvgIpc) is 3.43. The maximum atomic E-state index is 12.4. The number of thiol groups is 1. The summed E-state index contributed by atoms with van der Waals surface area (Å²) in [6.07, 6.45) is 9.13. The highest BCUT2D eigenvalue weighted by molar-refractivity contribution is 7.81. The predicted octanol–water partition coefficient (Wildman–Crippen LogP) is 5.61. The number of carbonyl (C=O) groups is 1. The summed E-state index contributed by atoms with van der Waals surface area (Å²) in [5, 5.41) is 3.37. The van der Waals surface area contributed by atoms with Gasteiger partial charge in [-0.25, -0.2) is 9.97 Å². The number of anilines is 1. The second kappa shape index (κ2) is 8.39.